The lowest BCUT2D eigenvalue weighted by Gasteiger charge is -2.37. The van der Waals surface area contributed by atoms with E-state index in [0.717, 1.165) is 19.2 Å². The topological polar surface area (TPSA) is 135 Å². The number of aliphatic hydroxyl groups excluding tert-OH is 1. The van der Waals surface area contributed by atoms with Gasteiger partial charge in [-0.25, -0.2) is 4.79 Å². The van der Waals surface area contributed by atoms with Gasteiger partial charge < -0.3 is 35.3 Å². The number of amides is 2. The Morgan fingerprint density at radius 1 is 1.16 bits per heavy atom. The summed E-state index contributed by atoms with van der Waals surface area (Å²) in [7, 11) is 1.11. The molecule has 1 aromatic carbocycles. The number of hydrogen-bond donors (Lipinski definition) is 4. The molecule has 2 amide bonds. The number of rotatable bonds is 9. The Kier molecular flexibility index (Phi) is 8.66. The van der Waals surface area contributed by atoms with E-state index in [9.17, 15) is 32.7 Å². The second-order valence-corrected chi connectivity index (χ2v) is 6.92. The van der Waals surface area contributed by atoms with Crippen LogP contribution in [0.1, 0.15) is 12.8 Å². The molecular weight excluding hydrogens is 439 g/mol. The van der Waals surface area contributed by atoms with Crippen molar-refractivity contribution in [3.8, 4) is 11.5 Å². The molecule has 1 heterocycles. The minimum atomic E-state index is -4.82. The molecule has 1 aliphatic rings. The molecule has 178 valence electrons. The number of alkyl halides is 3. The Labute approximate surface area is 181 Å². The maximum atomic E-state index is 12.9. The molecule has 10 nitrogen and oxygen atoms in total. The first-order chi connectivity index (χ1) is 15.1. The molecule has 0 radical (unpaired) electrons. The van der Waals surface area contributed by atoms with Gasteiger partial charge in [0, 0.05) is 0 Å². The number of methoxy groups -OCH3 is 1. The number of nitrogens with one attached hydrogen (secondary N) is 3. The number of carbonyl (C=O) groups is 3. The molecule has 1 fully saturated rings. The predicted octanol–water partition coefficient (Wildman–Crippen LogP) is -0.147. The van der Waals surface area contributed by atoms with Crippen LogP contribution in [0.25, 0.3) is 0 Å². The zero-order chi connectivity index (χ0) is 23.8. The number of aliphatic hydroxyl groups is 1. The summed E-state index contributed by atoms with van der Waals surface area (Å²) in [6.45, 7) is -0.366. The van der Waals surface area contributed by atoms with Crippen molar-refractivity contribution in [3.05, 3.63) is 24.3 Å². The van der Waals surface area contributed by atoms with Crippen LogP contribution in [-0.4, -0.2) is 74.2 Å². The fraction of sp³-hybridized carbons (Fsp3) is 0.526. The fourth-order valence-electron chi connectivity index (χ4n) is 3.07. The summed E-state index contributed by atoms with van der Waals surface area (Å²) in [4.78, 5) is 37.0. The van der Waals surface area contributed by atoms with Crippen LogP contribution in [0.4, 0.5) is 13.2 Å². The summed E-state index contributed by atoms with van der Waals surface area (Å²) in [5, 5.41) is 17.4. The van der Waals surface area contributed by atoms with E-state index in [4.69, 9.17) is 4.74 Å². The van der Waals surface area contributed by atoms with Gasteiger partial charge in [-0.15, -0.1) is 13.2 Å². The van der Waals surface area contributed by atoms with E-state index in [1.54, 1.807) is 0 Å². The Morgan fingerprint density at radius 2 is 1.75 bits per heavy atom. The number of benzene rings is 1. The number of piperidine rings is 1. The van der Waals surface area contributed by atoms with Gasteiger partial charge in [-0.2, -0.15) is 0 Å². The Bertz CT molecular complexity index is 796. The fourth-order valence-corrected chi connectivity index (χ4v) is 3.07. The van der Waals surface area contributed by atoms with Gasteiger partial charge >= 0.3 is 12.3 Å². The first-order valence-electron chi connectivity index (χ1n) is 9.58. The SMILES string of the molecule is COC(=O)C(CO)NC(=O)C1(NC(=O)COc2ccc(OC(F)(F)F)cc2)CCNCC1. The normalized spacial score (nSPS) is 16.4. The van der Waals surface area contributed by atoms with Crippen molar-refractivity contribution < 1.29 is 46.9 Å². The molecule has 0 spiro atoms. The van der Waals surface area contributed by atoms with Crippen LogP contribution in [0.2, 0.25) is 0 Å². The average molecular weight is 463 g/mol. The highest BCUT2D eigenvalue weighted by Crippen LogP contribution is 2.25. The van der Waals surface area contributed by atoms with Crippen LogP contribution in [0.15, 0.2) is 24.3 Å². The van der Waals surface area contributed by atoms with E-state index < -0.39 is 54.7 Å². The third-order valence-corrected chi connectivity index (χ3v) is 4.67. The van der Waals surface area contributed by atoms with Gasteiger partial charge in [0.15, 0.2) is 12.6 Å². The Balaban J connectivity index is 1.99. The monoisotopic (exact) mass is 463 g/mol. The molecule has 0 saturated carbocycles. The second kappa shape index (κ2) is 11.0. The van der Waals surface area contributed by atoms with Gasteiger partial charge in [-0.05, 0) is 50.2 Å². The maximum absolute atomic E-state index is 12.9. The van der Waals surface area contributed by atoms with Gasteiger partial charge in [0.2, 0.25) is 5.91 Å². The number of hydrogen-bond acceptors (Lipinski definition) is 8. The van der Waals surface area contributed by atoms with E-state index in [-0.39, 0.29) is 18.6 Å². The molecule has 1 aliphatic heterocycles. The molecule has 13 heteroatoms. The standard InChI is InChI=1S/C19H24F3N3O7/c1-30-16(28)14(10-26)24-17(29)18(6-8-23-9-7-18)25-15(27)11-31-12-2-4-13(5-3-12)32-19(20,21)22/h2-5,14,23,26H,6-11H2,1H3,(H,24,29)(H,25,27). The first kappa shape index (κ1) is 25.2. The zero-order valence-electron chi connectivity index (χ0n) is 17.2. The average Bonchev–Trinajstić information content (AvgIpc) is 2.75. The van der Waals surface area contributed by atoms with Gasteiger partial charge in [0.25, 0.3) is 5.91 Å². The molecule has 0 aliphatic carbocycles. The molecule has 4 N–H and O–H groups in total. The lowest BCUT2D eigenvalue weighted by molar-refractivity contribution is -0.274. The summed E-state index contributed by atoms with van der Waals surface area (Å²) in [5.74, 6) is -2.48. The Morgan fingerprint density at radius 3 is 2.28 bits per heavy atom. The maximum Gasteiger partial charge on any atom is 0.573 e. The number of ether oxygens (including phenoxy) is 3. The van der Waals surface area contributed by atoms with Crippen molar-refractivity contribution in [2.75, 3.05) is 33.4 Å². The van der Waals surface area contributed by atoms with Crippen molar-refractivity contribution in [1.29, 1.82) is 0 Å². The van der Waals surface area contributed by atoms with Gasteiger partial charge in [-0.3, -0.25) is 9.59 Å². The summed E-state index contributed by atoms with van der Waals surface area (Å²) in [5.41, 5.74) is -1.35. The van der Waals surface area contributed by atoms with Crippen LogP contribution in [0, 0.1) is 0 Å². The van der Waals surface area contributed by atoms with E-state index >= 15 is 0 Å². The highest BCUT2D eigenvalue weighted by Gasteiger charge is 2.42. The molecule has 1 saturated heterocycles. The van der Waals surface area contributed by atoms with Gasteiger partial charge in [0.1, 0.15) is 17.0 Å². The van der Waals surface area contributed by atoms with Crippen molar-refractivity contribution in [1.82, 2.24) is 16.0 Å². The summed E-state index contributed by atoms with van der Waals surface area (Å²) in [6, 6.07) is 3.17. The third-order valence-electron chi connectivity index (χ3n) is 4.67. The largest absolute Gasteiger partial charge is 0.573 e. The molecular formula is C19H24F3N3O7. The molecule has 0 bridgehead atoms. The lowest BCUT2D eigenvalue weighted by atomic mass is 9.86. The van der Waals surface area contributed by atoms with Crippen LogP contribution in [-0.2, 0) is 19.1 Å². The van der Waals surface area contributed by atoms with E-state index in [1.165, 1.54) is 12.1 Å². The first-order valence-corrected chi connectivity index (χ1v) is 9.58. The molecule has 0 aromatic heterocycles. The molecule has 32 heavy (non-hydrogen) atoms. The zero-order valence-corrected chi connectivity index (χ0v) is 17.2. The van der Waals surface area contributed by atoms with Crippen LogP contribution >= 0.6 is 0 Å². The highest BCUT2D eigenvalue weighted by atomic mass is 19.4. The lowest BCUT2D eigenvalue weighted by Crippen LogP contribution is -2.65. The number of halogens is 3. The summed E-state index contributed by atoms with van der Waals surface area (Å²) in [6.07, 6.45) is -4.39. The number of carbonyl (C=O) groups excluding carboxylic acids is 3. The van der Waals surface area contributed by atoms with Crippen molar-refractivity contribution in [2.45, 2.75) is 30.8 Å². The van der Waals surface area contributed by atoms with Crippen molar-refractivity contribution in [3.63, 3.8) is 0 Å². The quantitative estimate of drug-likeness (QED) is 0.372. The molecule has 1 unspecified atom stereocenters. The van der Waals surface area contributed by atoms with E-state index in [0.29, 0.717) is 13.1 Å². The summed E-state index contributed by atoms with van der Waals surface area (Å²) < 4.78 is 50.2. The number of esters is 1. The highest BCUT2D eigenvalue weighted by molar-refractivity contribution is 5.94. The minimum Gasteiger partial charge on any atom is -0.484 e. The van der Waals surface area contributed by atoms with Gasteiger partial charge in [-0.1, -0.05) is 0 Å². The second-order valence-electron chi connectivity index (χ2n) is 6.92. The predicted molar refractivity (Wildman–Crippen MR) is 103 cm³/mol. The van der Waals surface area contributed by atoms with Crippen LogP contribution in [0.5, 0.6) is 11.5 Å². The van der Waals surface area contributed by atoms with Crippen LogP contribution in [0.3, 0.4) is 0 Å². The minimum absolute atomic E-state index is 0.115. The molecule has 2 rings (SSSR count). The van der Waals surface area contributed by atoms with E-state index in [1.807, 2.05) is 0 Å². The Hall–Kier alpha value is -3.06. The third kappa shape index (κ3) is 7.27. The molecule has 1 atom stereocenters. The molecule has 1 aromatic rings. The summed E-state index contributed by atoms with van der Waals surface area (Å²) >= 11 is 0. The van der Waals surface area contributed by atoms with Gasteiger partial charge in [0.05, 0.1) is 13.7 Å². The smallest absolute Gasteiger partial charge is 0.484 e. The van der Waals surface area contributed by atoms with E-state index in [2.05, 4.69) is 25.4 Å². The van der Waals surface area contributed by atoms with Crippen LogP contribution < -0.4 is 25.4 Å². The van der Waals surface area contributed by atoms with Crippen molar-refractivity contribution >= 4 is 17.8 Å². The van der Waals surface area contributed by atoms with Crippen molar-refractivity contribution in [2.24, 2.45) is 0 Å².